The van der Waals surface area contributed by atoms with Crippen LogP contribution in [-0.4, -0.2) is 12.2 Å². The average molecular weight is 232 g/mol. The van der Waals surface area contributed by atoms with Crippen molar-refractivity contribution in [2.24, 2.45) is 0 Å². The van der Waals surface area contributed by atoms with Crippen molar-refractivity contribution in [1.29, 1.82) is 0 Å². The first-order valence-corrected chi connectivity index (χ1v) is 6.62. The van der Waals surface area contributed by atoms with Crippen molar-refractivity contribution in [3.8, 4) is 0 Å². The SMILES string of the molecule is CC1(CCc2ccc(C(C)(C)C)cc2)CCO1. The van der Waals surface area contributed by atoms with E-state index in [1.165, 1.54) is 17.5 Å². The molecule has 0 saturated carbocycles. The van der Waals surface area contributed by atoms with Crippen LogP contribution in [0.25, 0.3) is 0 Å². The second kappa shape index (κ2) is 4.45. The third kappa shape index (κ3) is 3.10. The monoisotopic (exact) mass is 232 g/mol. The van der Waals surface area contributed by atoms with Crippen LogP contribution in [0.1, 0.15) is 51.7 Å². The maximum absolute atomic E-state index is 5.62. The fraction of sp³-hybridized carbons (Fsp3) is 0.625. The molecule has 0 aromatic heterocycles. The summed E-state index contributed by atoms with van der Waals surface area (Å²) in [5.41, 5.74) is 3.24. The molecule has 0 spiro atoms. The predicted octanol–water partition coefficient (Wildman–Crippen LogP) is 4.10. The Morgan fingerprint density at radius 3 is 2.18 bits per heavy atom. The Morgan fingerprint density at radius 2 is 1.76 bits per heavy atom. The quantitative estimate of drug-likeness (QED) is 0.762. The second-order valence-corrected chi connectivity index (χ2v) is 6.50. The highest BCUT2D eigenvalue weighted by Crippen LogP contribution is 2.31. The van der Waals surface area contributed by atoms with Crippen LogP contribution in [-0.2, 0) is 16.6 Å². The summed E-state index contributed by atoms with van der Waals surface area (Å²) < 4.78 is 5.62. The van der Waals surface area contributed by atoms with E-state index in [1.54, 1.807) is 0 Å². The lowest BCUT2D eigenvalue weighted by molar-refractivity contribution is -0.137. The number of aryl methyl sites for hydroxylation is 1. The van der Waals surface area contributed by atoms with Gasteiger partial charge in [0.2, 0.25) is 0 Å². The molecule has 2 rings (SSSR count). The van der Waals surface area contributed by atoms with Gasteiger partial charge in [-0.3, -0.25) is 0 Å². The van der Waals surface area contributed by atoms with Crippen molar-refractivity contribution >= 4 is 0 Å². The van der Waals surface area contributed by atoms with E-state index < -0.39 is 0 Å². The van der Waals surface area contributed by atoms with Gasteiger partial charge in [-0.25, -0.2) is 0 Å². The maximum Gasteiger partial charge on any atom is 0.0679 e. The van der Waals surface area contributed by atoms with E-state index in [9.17, 15) is 0 Å². The van der Waals surface area contributed by atoms with E-state index in [0.717, 1.165) is 19.4 Å². The van der Waals surface area contributed by atoms with Crippen LogP contribution in [0, 0.1) is 0 Å². The molecule has 1 saturated heterocycles. The van der Waals surface area contributed by atoms with Crippen LogP contribution in [0.2, 0.25) is 0 Å². The van der Waals surface area contributed by atoms with Gasteiger partial charge in [0.05, 0.1) is 12.2 Å². The van der Waals surface area contributed by atoms with Crippen molar-refractivity contribution in [1.82, 2.24) is 0 Å². The molecule has 1 aromatic carbocycles. The van der Waals surface area contributed by atoms with Crippen LogP contribution in [0.4, 0.5) is 0 Å². The number of hydrogen-bond acceptors (Lipinski definition) is 1. The third-order valence-electron chi connectivity index (χ3n) is 3.84. The highest BCUT2D eigenvalue weighted by atomic mass is 16.5. The van der Waals surface area contributed by atoms with Crippen molar-refractivity contribution < 1.29 is 4.74 Å². The third-order valence-corrected chi connectivity index (χ3v) is 3.84. The topological polar surface area (TPSA) is 9.23 Å². The van der Waals surface area contributed by atoms with Crippen LogP contribution in [0.5, 0.6) is 0 Å². The van der Waals surface area contributed by atoms with Gasteiger partial charge >= 0.3 is 0 Å². The number of hydrogen-bond donors (Lipinski definition) is 0. The van der Waals surface area contributed by atoms with Gasteiger partial charge in [0.1, 0.15) is 0 Å². The molecule has 1 nitrogen and oxygen atoms in total. The number of ether oxygens (including phenoxy) is 1. The Labute approximate surface area is 105 Å². The Hall–Kier alpha value is -0.820. The summed E-state index contributed by atoms with van der Waals surface area (Å²) in [7, 11) is 0. The summed E-state index contributed by atoms with van der Waals surface area (Å²) in [6.45, 7) is 9.93. The summed E-state index contributed by atoms with van der Waals surface area (Å²) in [5.74, 6) is 0. The molecule has 1 aromatic rings. The molecular formula is C16H24O. The van der Waals surface area contributed by atoms with Crippen molar-refractivity contribution in [2.75, 3.05) is 6.61 Å². The fourth-order valence-corrected chi connectivity index (χ4v) is 2.23. The summed E-state index contributed by atoms with van der Waals surface area (Å²) in [6.07, 6.45) is 3.48. The Kier molecular flexibility index (Phi) is 3.31. The highest BCUT2D eigenvalue weighted by molar-refractivity contribution is 5.27. The number of rotatable bonds is 3. The highest BCUT2D eigenvalue weighted by Gasteiger charge is 2.32. The molecule has 0 amide bonds. The number of benzene rings is 1. The Balaban J connectivity index is 1.94. The van der Waals surface area contributed by atoms with Crippen LogP contribution in [0.3, 0.4) is 0 Å². The van der Waals surface area contributed by atoms with Gasteiger partial charge in [0.25, 0.3) is 0 Å². The van der Waals surface area contributed by atoms with E-state index in [0.29, 0.717) is 0 Å². The minimum absolute atomic E-state index is 0.155. The molecule has 94 valence electrons. The summed E-state index contributed by atoms with van der Waals surface area (Å²) in [6, 6.07) is 9.06. The summed E-state index contributed by atoms with van der Waals surface area (Å²) >= 11 is 0. The average Bonchev–Trinajstić information content (AvgIpc) is 2.23. The zero-order valence-corrected chi connectivity index (χ0v) is 11.5. The molecule has 1 unspecified atom stereocenters. The second-order valence-electron chi connectivity index (χ2n) is 6.50. The zero-order valence-electron chi connectivity index (χ0n) is 11.5. The molecule has 1 heterocycles. The predicted molar refractivity (Wildman–Crippen MR) is 72.4 cm³/mol. The molecule has 1 aliphatic heterocycles. The molecule has 0 aliphatic carbocycles. The maximum atomic E-state index is 5.62. The summed E-state index contributed by atoms with van der Waals surface area (Å²) in [4.78, 5) is 0. The van der Waals surface area contributed by atoms with E-state index >= 15 is 0 Å². The minimum atomic E-state index is 0.155. The fourth-order valence-electron chi connectivity index (χ4n) is 2.23. The molecule has 1 heteroatoms. The Morgan fingerprint density at radius 1 is 1.18 bits per heavy atom. The molecule has 0 radical (unpaired) electrons. The van der Waals surface area contributed by atoms with Gasteiger partial charge < -0.3 is 4.74 Å². The molecular weight excluding hydrogens is 208 g/mol. The van der Waals surface area contributed by atoms with Crippen molar-refractivity contribution in [2.45, 2.75) is 58.0 Å². The van der Waals surface area contributed by atoms with Gasteiger partial charge in [-0.15, -0.1) is 0 Å². The van der Waals surface area contributed by atoms with Crippen LogP contribution >= 0.6 is 0 Å². The van der Waals surface area contributed by atoms with E-state index in [4.69, 9.17) is 4.74 Å². The minimum Gasteiger partial charge on any atom is -0.375 e. The Bertz CT molecular complexity index is 366. The van der Waals surface area contributed by atoms with Gasteiger partial charge in [-0.2, -0.15) is 0 Å². The van der Waals surface area contributed by atoms with Gasteiger partial charge in [-0.05, 0) is 42.7 Å². The van der Waals surface area contributed by atoms with Crippen molar-refractivity contribution in [3.05, 3.63) is 35.4 Å². The standard InChI is InChI=1S/C16H24O/c1-15(2,3)14-7-5-13(6-8-14)9-10-16(4)11-12-17-16/h5-8H,9-12H2,1-4H3. The first-order valence-electron chi connectivity index (χ1n) is 6.62. The molecule has 0 N–H and O–H groups in total. The lowest BCUT2D eigenvalue weighted by Gasteiger charge is -2.38. The molecule has 0 bridgehead atoms. The lowest BCUT2D eigenvalue weighted by Crippen LogP contribution is -2.40. The van der Waals surface area contributed by atoms with E-state index in [1.807, 2.05) is 0 Å². The lowest BCUT2D eigenvalue weighted by atomic mass is 9.85. The first-order chi connectivity index (χ1) is 7.89. The van der Waals surface area contributed by atoms with Crippen LogP contribution < -0.4 is 0 Å². The van der Waals surface area contributed by atoms with E-state index in [-0.39, 0.29) is 11.0 Å². The summed E-state index contributed by atoms with van der Waals surface area (Å²) in [5, 5.41) is 0. The zero-order chi connectivity index (χ0) is 12.5. The van der Waals surface area contributed by atoms with Gasteiger partial charge in [0.15, 0.2) is 0 Å². The molecule has 1 fully saturated rings. The van der Waals surface area contributed by atoms with Gasteiger partial charge in [0, 0.05) is 0 Å². The van der Waals surface area contributed by atoms with Crippen LogP contribution in [0.15, 0.2) is 24.3 Å². The first kappa shape index (κ1) is 12.6. The van der Waals surface area contributed by atoms with Gasteiger partial charge in [-0.1, -0.05) is 45.0 Å². The smallest absolute Gasteiger partial charge is 0.0679 e. The largest absolute Gasteiger partial charge is 0.375 e. The molecule has 17 heavy (non-hydrogen) atoms. The molecule has 1 atom stereocenters. The molecule has 1 aliphatic rings. The normalized spacial score (nSPS) is 24.5. The van der Waals surface area contributed by atoms with Crippen molar-refractivity contribution in [3.63, 3.8) is 0 Å². The van der Waals surface area contributed by atoms with E-state index in [2.05, 4.69) is 52.0 Å².